The molecule has 1 aromatic heterocycles. The average Bonchev–Trinajstić information content (AvgIpc) is 2.97. The van der Waals surface area contributed by atoms with Crippen molar-refractivity contribution in [2.24, 2.45) is 7.05 Å². The molecule has 27 heavy (non-hydrogen) atoms. The van der Waals surface area contributed by atoms with E-state index in [4.69, 9.17) is 16.3 Å². The van der Waals surface area contributed by atoms with Crippen molar-refractivity contribution in [3.05, 3.63) is 46.7 Å². The van der Waals surface area contributed by atoms with Gasteiger partial charge in [0, 0.05) is 49.6 Å². The van der Waals surface area contributed by atoms with Crippen LogP contribution in [0.2, 0.25) is 5.02 Å². The number of sulfonamides is 1. The number of esters is 1. The molecule has 3 rings (SSSR count). The van der Waals surface area contributed by atoms with Gasteiger partial charge in [-0.05, 0) is 31.2 Å². The molecule has 0 amide bonds. The Labute approximate surface area is 164 Å². The third kappa shape index (κ3) is 3.69. The van der Waals surface area contributed by atoms with E-state index in [0.29, 0.717) is 36.9 Å². The van der Waals surface area contributed by atoms with Gasteiger partial charge in [0.15, 0.2) is 0 Å². The molecule has 0 radical (unpaired) electrons. The Kier molecular flexibility index (Phi) is 5.50. The SMILES string of the molecule is COC(=O)c1cc(S(=O)(=O)N2CCN(c3cccc(Cl)c3)CC2)c(C)n1C. The Morgan fingerprint density at radius 1 is 1.15 bits per heavy atom. The van der Waals surface area contributed by atoms with Crippen LogP contribution in [0.5, 0.6) is 0 Å². The first-order valence-electron chi connectivity index (χ1n) is 8.51. The monoisotopic (exact) mass is 411 g/mol. The van der Waals surface area contributed by atoms with Gasteiger partial charge in [0.25, 0.3) is 0 Å². The van der Waals surface area contributed by atoms with Crippen LogP contribution in [0.4, 0.5) is 5.69 Å². The number of halogens is 1. The standard InChI is InChI=1S/C18H22ClN3O4S/c1-13-17(12-16(20(13)2)18(23)26-3)27(24,25)22-9-7-21(8-10-22)15-6-4-5-14(19)11-15/h4-6,11-12H,7-10H2,1-3H3. The zero-order valence-electron chi connectivity index (χ0n) is 15.5. The number of methoxy groups -OCH3 is 1. The van der Waals surface area contributed by atoms with Crippen LogP contribution >= 0.6 is 11.6 Å². The van der Waals surface area contributed by atoms with Crippen LogP contribution in [0.1, 0.15) is 16.2 Å². The molecule has 0 spiro atoms. The summed E-state index contributed by atoms with van der Waals surface area (Å²) in [5.74, 6) is -0.562. The number of aromatic nitrogens is 1. The number of ether oxygens (including phenoxy) is 1. The zero-order valence-corrected chi connectivity index (χ0v) is 17.0. The summed E-state index contributed by atoms with van der Waals surface area (Å²) in [6, 6.07) is 8.90. The van der Waals surface area contributed by atoms with E-state index in [1.165, 1.54) is 17.5 Å². The lowest BCUT2D eigenvalue weighted by atomic mass is 10.2. The molecule has 0 atom stereocenters. The normalized spacial score (nSPS) is 15.8. The van der Waals surface area contributed by atoms with Gasteiger partial charge in [-0.15, -0.1) is 0 Å². The summed E-state index contributed by atoms with van der Waals surface area (Å²) in [5, 5.41) is 0.651. The lowest BCUT2D eigenvalue weighted by molar-refractivity contribution is 0.0589. The summed E-state index contributed by atoms with van der Waals surface area (Å²) in [6.07, 6.45) is 0. The van der Waals surface area contributed by atoms with Crippen LogP contribution in [0.3, 0.4) is 0 Å². The minimum Gasteiger partial charge on any atom is -0.464 e. The lowest BCUT2D eigenvalue weighted by Crippen LogP contribution is -2.48. The first-order chi connectivity index (χ1) is 12.8. The first-order valence-corrected chi connectivity index (χ1v) is 10.3. The molecule has 9 heteroatoms. The molecule has 1 saturated heterocycles. The van der Waals surface area contributed by atoms with Crippen LogP contribution in [0, 0.1) is 6.92 Å². The van der Waals surface area contributed by atoms with Crippen molar-refractivity contribution in [2.45, 2.75) is 11.8 Å². The van der Waals surface area contributed by atoms with Crippen LogP contribution in [0.25, 0.3) is 0 Å². The summed E-state index contributed by atoms with van der Waals surface area (Å²) in [5.41, 5.74) is 1.70. The number of rotatable bonds is 4. The molecule has 2 heterocycles. The van der Waals surface area contributed by atoms with Crippen molar-refractivity contribution in [1.82, 2.24) is 8.87 Å². The largest absolute Gasteiger partial charge is 0.464 e. The number of hydrogen-bond donors (Lipinski definition) is 0. The second kappa shape index (κ2) is 7.53. The van der Waals surface area contributed by atoms with Crippen molar-refractivity contribution in [1.29, 1.82) is 0 Å². The van der Waals surface area contributed by atoms with Crippen molar-refractivity contribution in [3.63, 3.8) is 0 Å². The average molecular weight is 412 g/mol. The second-order valence-electron chi connectivity index (χ2n) is 6.40. The fourth-order valence-corrected chi connectivity index (χ4v) is 5.11. The van der Waals surface area contributed by atoms with Crippen LogP contribution < -0.4 is 4.90 Å². The summed E-state index contributed by atoms with van der Waals surface area (Å²) in [4.78, 5) is 14.1. The third-order valence-electron chi connectivity index (χ3n) is 4.91. The highest BCUT2D eigenvalue weighted by molar-refractivity contribution is 7.89. The van der Waals surface area contributed by atoms with E-state index in [1.54, 1.807) is 18.5 Å². The molecule has 0 bridgehead atoms. The Balaban J connectivity index is 1.80. The molecule has 1 aliphatic heterocycles. The fourth-order valence-electron chi connectivity index (χ4n) is 3.23. The molecule has 2 aromatic rings. The molecular weight excluding hydrogens is 390 g/mol. The fraction of sp³-hybridized carbons (Fsp3) is 0.389. The zero-order chi connectivity index (χ0) is 19.8. The minimum absolute atomic E-state index is 0.140. The maximum absolute atomic E-state index is 13.1. The maximum Gasteiger partial charge on any atom is 0.354 e. The van der Waals surface area contributed by atoms with E-state index in [0.717, 1.165) is 5.69 Å². The number of carbonyl (C=O) groups is 1. The van der Waals surface area contributed by atoms with Crippen LogP contribution in [-0.4, -0.2) is 56.5 Å². The molecule has 0 saturated carbocycles. The van der Waals surface area contributed by atoms with Gasteiger partial charge >= 0.3 is 5.97 Å². The molecule has 0 aliphatic carbocycles. The van der Waals surface area contributed by atoms with Crippen molar-refractivity contribution < 1.29 is 17.9 Å². The molecule has 0 unspecified atom stereocenters. The van der Waals surface area contributed by atoms with E-state index < -0.39 is 16.0 Å². The molecule has 1 fully saturated rings. The van der Waals surface area contributed by atoms with Gasteiger partial charge in [-0.3, -0.25) is 0 Å². The second-order valence-corrected chi connectivity index (χ2v) is 8.74. The van der Waals surface area contributed by atoms with Crippen molar-refractivity contribution in [2.75, 3.05) is 38.2 Å². The minimum atomic E-state index is -3.70. The Morgan fingerprint density at radius 2 is 1.81 bits per heavy atom. The number of carbonyl (C=O) groups excluding carboxylic acids is 1. The predicted molar refractivity (Wildman–Crippen MR) is 104 cm³/mol. The van der Waals surface area contributed by atoms with Crippen molar-refractivity contribution >= 4 is 33.3 Å². The van der Waals surface area contributed by atoms with Crippen LogP contribution in [0.15, 0.2) is 35.2 Å². The first kappa shape index (κ1) is 19.7. The highest BCUT2D eigenvalue weighted by Gasteiger charge is 2.32. The Morgan fingerprint density at radius 3 is 2.41 bits per heavy atom. The van der Waals surface area contributed by atoms with E-state index in [-0.39, 0.29) is 10.6 Å². The number of anilines is 1. The Bertz CT molecular complexity index is 963. The van der Waals surface area contributed by atoms with E-state index >= 15 is 0 Å². The number of hydrogen-bond acceptors (Lipinski definition) is 5. The maximum atomic E-state index is 13.1. The predicted octanol–water partition coefficient (Wildman–Crippen LogP) is 2.28. The van der Waals surface area contributed by atoms with E-state index in [9.17, 15) is 13.2 Å². The van der Waals surface area contributed by atoms with Crippen molar-refractivity contribution in [3.8, 4) is 0 Å². The number of piperazine rings is 1. The summed E-state index contributed by atoms with van der Waals surface area (Å²) >= 11 is 6.04. The van der Waals surface area contributed by atoms with E-state index in [1.807, 2.05) is 24.3 Å². The molecule has 1 aliphatic rings. The van der Waals surface area contributed by atoms with Gasteiger partial charge in [0.05, 0.1) is 7.11 Å². The summed E-state index contributed by atoms with van der Waals surface area (Å²) < 4.78 is 33.9. The highest BCUT2D eigenvalue weighted by Crippen LogP contribution is 2.26. The molecule has 0 N–H and O–H groups in total. The lowest BCUT2D eigenvalue weighted by Gasteiger charge is -2.35. The smallest absolute Gasteiger partial charge is 0.354 e. The molecule has 146 valence electrons. The summed E-state index contributed by atoms with van der Waals surface area (Å²) in [6.45, 7) is 3.53. The van der Waals surface area contributed by atoms with Gasteiger partial charge in [0.1, 0.15) is 10.6 Å². The van der Waals surface area contributed by atoms with Gasteiger partial charge in [0.2, 0.25) is 10.0 Å². The summed E-state index contributed by atoms with van der Waals surface area (Å²) in [7, 11) is -0.776. The molecule has 7 nitrogen and oxygen atoms in total. The molecule has 1 aromatic carbocycles. The topological polar surface area (TPSA) is 71.8 Å². The highest BCUT2D eigenvalue weighted by atomic mass is 35.5. The van der Waals surface area contributed by atoms with Gasteiger partial charge in [-0.1, -0.05) is 17.7 Å². The molecular formula is C18H22ClN3O4S. The van der Waals surface area contributed by atoms with Crippen LogP contribution in [-0.2, 0) is 21.8 Å². The third-order valence-corrected chi connectivity index (χ3v) is 7.16. The Hall–Kier alpha value is -2.03. The number of nitrogens with zero attached hydrogens (tertiary/aromatic N) is 3. The number of benzene rings is 1. The quantitative estimate of drug-likeness (QED) is 0.722. The van der Waals surface area contributed by atoms with Gasteiger partial charge in [-0.25, -0.2) is 13.2 Å². The van der Waals surface area contributed by atoms with Gasteiger partial charge < -0.3 is 14.2 Å². The van der Waals surface area contributed by atoms with E-state index in [2.05, 4.69) is 4.90 Å². The van der Waals surface area contributed by atoms with Gasteiger partial charge in [-0.2, -0.15) is 4.31 Å².